The van der Waals surface area contributed by atoms with Gasteiger partial charge in [-0.2, -0.15) is 0 Å². The smallest absolute Gasteiger partial charge is 0.407 e. The Morgan fingerprint density at radius 2 is 1.79 bits per heavy atom. The van der Waals surface area contributed by atoms with Gasteiger partial charge in [-0.3, -0.25) is 14.6 Å². The molecule has 1 heterocycles. The molecular formula is C21H28N4O3. The topological polar surface area (TPSA) is 76.1 Å². The maximum atomic E-state index is 11.4. The van der Waals surface area contributed by atoms with Gasteiger partial charge in [0.15, 0.2) is 0 Å². The number of hydrogen-bond acceptors (Lipinski definition) is 4. The van der Waals surface area contributed by atoms with Gasteiger partial charge < -0.3 is 15.3 Å². The summed E-state index contributed by atoms with van der Waals surface area (Å²) in [7, 11) is 1.51. The van der Waals surface area contributed by atoms with E-state index in [0.29, 0.717) is 6.54 Å². The Bertz CT molecular complexity index is 813. The lowest BCUT2D eigenvalue weighted by atomic mass is 10.1. The van der Waals surface area contributed by atoms with Crippen LogP contribution in [-0.4, -0.2) is 79.8 Å². The molecule has 7 nitrogen and oxygen atoms in total. The number of rotatable bonds is 7. The zero-order chi connectivity index (χ0) is 19.9. The normalized spacial score (nSPS) is 14.8. The summed E-state index contributed by atoms with van der Waals surface area (Å²) in [5, 5.41) is 14.2. The van der Waals surface area contributed by atoms with Crippen molar-refractivity contribution in [1.82, 2.24) is 15.1 Å². The van der Waals surface area contributed by atoms with E-state index in [1.165, 1.54) is 28.4 Å². The summed E-state index contributed by atoms with van der Waals surface area (Å²) >= 11 is 0. The molecule has 2 aromatic carbocycles. The quantitative estimate of drug-likeness (QED) is 0.764. The number of nitrogens with zero attached hydrogens (tertiary/aromatic N) is 3. The van der Waals surface area contributed by atoms with Crippen molar-refractivity contribution in [1.29, 1.82) is 0 Å². The molecule has 0 radical (unpaired) electrons. The zero-order valence-corrected chi connectivity index (χ0v) is 16.3. The van der Waals surface area contributed by atoms with Gasteiger partial charge in [0.2, 0.25) is 5.91 Å². The first-order valence-corrected chi connectivity index (χ1v) is 9.72. The second-order valence-corrected chi connectivity index (χ2v) is 7.06. The van der Waals surface area contributed by atoms with Crippen LogP contribution in [0, 0.1) is 0 Å². The molecule has 0 aromatic heterocycles. The second-order valence-electron chi connectivity index (χ2n) is 7.06. The summed E-state index contributed by atoms with van der Waals surface area (Å²) in [4.78, 5) is 28.6. The van der Waals surface area contributed by atoms with E-state index in [4.69, 9.17) is 0 Å². The molecule has 2 aromatic rings. The van der Waals surface area contributed by atoms with Gasteiger partial charge in [-0.05, 0) is 24.4 Å². The van der Waals surface area contributed by atoms with E-state index in [9.17, 15) is 14.7 Å². The highest BCUT2D eigenvalue weighted by molar-refractivity contribution is 5.94. The van der Waals surface area contributed by atoms with Crippen molar-refractivity contribution < 1.29 is 14.7 Å². The van der Waals surface area contributed by atoms with E-state index < -0.39 is 6.09 Å². The van der Waals surface area contributed by atoms with Crippen molar-refractivity contribution in [2.45, 2.75) is 6.42 Å². The van der Waals surface area contributed by atoms with Crippen LogP contribution in [0.1, 0.15) is 6.42 Å². The van der Waals surface area contributed by atoms with Gasteiger partial charge in [0.05, 0.1) is 0 Å². The first kappa shape index (κ1) is 19.9. The molecule has 150 valence electrons. The number of hydrogen-bond donors (Lipinski definition) is 2. The zero-order valence-electron chi connectivity index (χ0n) is 16.3. The molecule has 0 unspecified atom stereocenters. The third-order valence-electron chi connectivity index (χ3n) is 5.27. The van der Waals surface area contributed by atoms with Crippen LogP contribution >= 0.6 is 0 Å². The molecule has 3 rings (SSSR count). The minimum atomic E-state index is -1.05. The van der Waals surface area contributed by atoms with Crippen LogP contribution in [0.4, 0.5) is 10.5 Å². The second kappa shape index (κ2) is 9.41. The van der Waals surface area contributed by atoms with Gasteiger partial charge >= 0.3 is 6.09 Å². The summed E-state index contributed by atoms with van der Waals surface area (Å²) < 4.78 is 0. The first-order chi connectivity index (χ1) is 13.6. The van der Waals surface area contributed by atoms with Gasteiger partial charge in [0.1, 0.15) is 6.54 Å². The maximum Gasteiger partial charge on any atom is 0.407 e. The van der Waals surface area contributed by atoms with Crippen LogP contribution in [-0.2, 0) is 4.79 Å². The molecule has 1 aliphatic heterocycles. The summed E-state index contributed by atoms with van der Waals surface area (Å²) in [5.41, 5.74) is 1.28. The number of fused-ring (bicyclic) bond motifs is 1. The van der Waals surface area contributed by atoms with Crippen LogP contribution in [0.25, 0.3) is 10.8 Å². The first-order valence-electron chi connectivity index (χ1n) is 9.72. The number of carboxylic acid groups (broad SMARTS) is 1. The molecule has 7 heteroatoms. The highest BCUT2D eigenvalue weighted by Gasteiger charge is 2.20. The van der Waals surface area contributed by atoms with Crippen LogP contribution in [0.3, 0.4) is 0 Å². The number of piperazine rings is 1. The van der Waals surface area contributed by atoms with Gasteiger partial charge in [-0.25, -0.2) is 4.79 Å². The van der Waals surface area contributed by atoms with Gasteiger partial charge in [-0.15, -0.1) is 0 Å². The predicted molar refractivity (Wildman–Crippen MR) is 111 cm³/mol. The summed E-state index contributed by atoms with van der Waals surface area (Å²) in [5.74, 6) is -0.286. The van der Waals surface area contributed by atoms with Crippen molar-refractivity contribution in [3.05, 3.63) is 42.5 Å². The number of carbonyl (C=O) groups is 2. The van der Waals surface area contributed by atoms with Crippen molar-refractivity contribution >= 4 is 28.5 Å². The molecule has 0 aliphatic carbocycles. The molecule has 1 aliphatic rings. The number of anilines is 1. The van der Waals surface area contributed by atoms with E-state index in [2.05, 4.69) is 57.6 Å². The van der Waals surface area contributed by atoms with E-state index >= 15 is 0 Å². The van der Waals surface area contributed by atoms with Gasteiger partial charge in [-0.1, -0.05) is 36.4 Å². The molecule has 0 spiro atoms. The predicted octanol–water partition coefficient (Wildman–Crippen LogP) is 2.08. The minimum Gasteiger partial charge on any atom is -0.465 e. The Balaban J connectivity index is 1.49. The monoisotopic (exact) mass is 384 g/mol. The molecule has 2 amide bonds. The van der Waals surface area contributed by atoms with E-state index in [1.54, 1.807) is 0 Å². The summed E-state index contributed by atoms with van der Waals surface area (Å²) in [6.45, 7) is 4.90. The Hall–Kier alpha value is -2.80. The fourth-order valence-electron chi connectivity index (χ4n) is 3.68. The van der Waals surface area contributed by atoms with E-state index in [1.807, 2.05) is 0 Å². The summed E-state index contributed by atoms with van der Waals surface area (Å²) in [6, 6.07) is 14.9. The molecule has 2 N–H and O–H groups in total. The lowest BCUT2D eigenvalue weighted by molar-refractivity contribution is -0.121. The molecule has 0 saturated carbocycles. The fraction of sp³-hybridized carbons (Fsp3) is 0.429. The highest BCUT2D eigenvalue weighted by Crippen LogP contribution is 2.27. The maximum absolute atomic E-state index is 11.4. The molecule has 1 saturated heterocycles. The number of benzene rings is 2. The lowest BCUT2D eigenvalue weighted by Crippen LogP contribution is -2.47. The minimum absolute atomic E-state index is 0.110. The Morgan fingerprint density at radius 1 is 1.07 bits per heavy atom. The average Bonchev–Trinajstić information content (AvgIpc) is 2.73. The number of nitrogens with one attached hydrogen (secondary N) is 1. The SMILES string of the molecule is CNC(=O)CN(CCCN1CCN(c2cccc3ccccc23)CC1)C(=O)O. The summed E-state index contributed by atoms with van der Waals surface area (Å²) in [6.07, 6.45) is -0.332. The average molecular weight is 384 g/mol. The van der Waals surface area contributed by atoms with Crippen LogP contribution in [0.5, 0.6) is 0 Å². The molecule has 0 bridgehead atoms. The largest absolute Gasteiger partial charge is 0.465 e. The highest BCUT2D eigenvalue weighted by atomic mass is 16.4. The van der Waals surface area contributed by atoms with Crippen molar-refractivity contribution in [2.24, 2.45) is 0 Å². The Labute approximate surface area is 165 Å². The van der Waals surface area contributed by atoms with E-state index in [0.717, 1.165) is 39.1 Å². The van der Waals surface area contributed by atoms with Crippen molar-refractivity contribution in [3.63, 3.8) is 0 Å². The number of carbonyl (C=O) groups excluding carboxylic acids is 1. The van der Waals surface area contributed by atoms with Crippen LogP contribution in [0.15, 0.2) is 42.5 Å². The molecule has 0 atom stereocenters. The number of amides is 2. The third-order valence-corrected chi connectivity index (χ3v) is 5.27. The third kappa shape index (κ3) is 4.92. The van der Waals surface area contributed by atoms with Crippen LogP contribution in [0.2, 0.25) is 0 Å². The van der Waals surface area contributed by atoms with Gasteiger partial charge in [0.25, 0.3) is 0 Å². The van der Waals surface area contributed by atoms with Crippen LogP contribution < -0.4 is 10.2 Å². The Kier molecular flexibility index (Phi) is 6.71. The Morgan fingerprint density at radius 3 is 2.50 bits per heavy atom. The molecular weight excluding hydrogens is 356 g/mol. The molecule has 28 heavy (non-hydrogen) atoms. The fourth-order valence-corrected chi connectivity index (χ4v) is 3.68. The van der Waals surface area contributed by atoms with E-state index in [-0.39, 0.29) is 12.5 Å². The van der Waals surface area contributed by atoms with Crippen molar-refractivity contribution in [2.75, 3.05) is 57.8 Å². The standard InChI is InChI=1S/C21H28N4O3/c1-22-20(26)16-25(21(27)28)11-5-10-23-12-14-24(15-13-23)19-9-4-7-17-6-2-3-8-18(17)19/h2-4,6-9H,5,10-16H2,1H3,(H,22,26)(H,27,28). The lowest BCUT2D eigenvalue weighted by Gasteiger charge is -2.36. The van der Waals surface area contributed by atoms with Gasteiger partial charge in [0, 0.05) is 50.8 Å². The number of likely N-dealkylation sites (N-methyl/N-ethyl adjacent to an activating group) is 1. The molecule has 1 fully saturated rings. The van der Waals surface area contributed by atoms with Crippen molar-refractivity contribution in [3.8, 4) is 0 Å².